The fraction of sp³-hybridized carbons (Fsp3) is 0.296. The molecule has 5 aromatic heterocycles. The van der Waals surface area contributed by atoms with Crippen molar-refractivity contribution in [1.82, 2.24) is 39.6 Å². The molecule has 0 aromatic carbocycles. The minimum atomic E-state index is -4.62. The Kier molecular flexibility index (Phi) is 7.68. The molecular formula is C27H27F3N8OS. The van der Waals surface area contributed by atoms with E-state index in [1.165, 1.54) is 12.3 Å². The monoisotopic (exact) mass is 568 g/mol. The summed E-state index contributed by atoms with van der Waals surface area (Å²) < 4.78 is 42.4. The van der Waals surface area contributed by atoms with Crippen molar-refractivity contribution in [2.75, 3.05) is 19.6 Å². The number of nitrogens with one attached hydrogen (secondary N) is 1. The van der Waals surface area contributed by atoms with E-state index >= 15 is 0 Å². The van der Waals surface area contributed by atoms with Crippen LogP contribution in [-0.4, -0.2) is 65.8 Å². The molecule has 0 radical (unpaired) electrons. The highest BCUT2D eigenvalue weighted by Crippen LogP contribution is 2.30. The maximum atomic E-state index is 13.3. The number of fused-ring (bicyclic) bond motifs is 1. The molecule has 0 spiro atoms. The molecule has 0 saturated heterocycles. The first-order valence-electron chi connectivity index (χ1n) is 12.7. The number of hydrogen-bond acceptors (Lipinski definition) is 7. The summed E-state index contributed by atoms with van der Waals surface area (Å²) in [7, 11) is 0. The molecule has 0 fully saturated rings. The van der Waals surface area contributed by atoms with Gasteiger partial charge in [0.15, 0.2) is 17.2 Å². The van der Waals surface area contributed by atoms with Crippen LogP contribution in [0.2, 0.25) is 0 Å². The van der Waals surface area contributed by atoms with Crippen molar-refractivity contribution in [3.63, 3.8) is 0 Å². The van der Waals surface area contributed by atoms with Crippen molar-refractivity contribution < 1.29 is 18.0 Å². The van der Waals surface area contributed by atoms with Crippen molar-refractivity contribution in [2.45, 2.75) is 33.0 Å². The highest BCUT2D eigenvalue weighted by molar-refractivity contribution is 7.13. The van der Waals surface area contributed by atoms with Crippen LogP contribution in [0, 0.1) is 0 Å². The molecule has 0 aliphatic heterocycles. The van der Waals surface area contributed by atoms with Crippen molar-refractivity contribution in [3.8, 4) is 27.6 Å². The van der Waals surface area contributed by atoms with Crippen LogP contribution in [-0.2, 0) is 6.18 Å². The van der Waals surface area contributed by atoms with Gasteiger partial charge in [-0.2, -0.15) is 23.4 Å². The standard InChI is InChI=1S/C27H27F3N8OS/c1-4-36(5-2)17(3)15-31-26(39)18-13-21(33-24(14-18)37-11-9-23(35-37)27(28,29)30)19-16-32-38-10-8-20(34-25(19)38)22-7-6-12-40-22/h6-14,16-17H,4-5,15H2,1-3H3,(H,31,39)/t17-/m0/s1. The second-order valence-electron chi connectivity index (χ2n) is 9.14. The SMILES string of the molecule is CCN(CC)[C@@H](C)CNC(=O)c1cc(-c2cnn3ccc(-c4cccs4)nc23)nc(-n2ccc(C(F)(F)F)n2)c1. The van der Waals surface area contributed by atoms with Crippen LogP contribution in [0.25, 0.3) is 33.3 Å². The second kappa shape index (κ2) is 11.2. The van der Waals surface area contributed by atoms with E-state index in [0.29, 0.717) is 23.4 Å². The smallest absolute Gasteiger partial charge is 0.350 e. The van der Waals surface area contributed by atoms with Gasteiger partial charge in [-0.15, -0.1) is 11.3 Å². The summed E-state index contributed by atoms with van der Waals surface area (Å²) in [6, 6.07) is 9.70. The normalized spacial score (nSPS) is 12.8. The first-order chi connectivity index (χ1) is 19.2. The molecule has 0 bridgehead atoms. The van der Waals surface area contributed by atoms with Gasteiger partial charge in [0.25, 0.3) is 5.91 Å². The Balaban J connectivity index is 1.57. The van der Waals surface area contributed by atoms with Gasteiger partial charge in [0.1, 0.15) is 0 Å². The molecule has 13 heteroatoms. The molecule has 5 rings (SSSR count). The minimum absolute atomic E-state index is 0.0590. The molecule has 9 nitrogen and oxygen atoms in total. The largest absolute Gasteiger partial charge is 0.435 e. The van der Waals surface area contributed by atoms with Crippen molar-refractivity contribution in [1.29, 1.82) is 0 Å². The van der Waals surface area contributed by atoms with E-state index in [-0.39, 0.29) is 23.3 Å². The Morgan fingerprint density at radius 1 is 1.10 bits per heavy atom. The van der Waals surface area contributed by atoms with Gasteiger partial charge < -0.3 is 5.32 Å². The molecule has 5 aromatic rings. The van der Waals surface area contributed by atoms with Gasteiger partial charge in [-0.25, -0.2) is 19.2 Å². The molecule has 0 aliphatic carbocycles. The van der Waals surface area contributed by atoms with Gasteiger partial charge in [-0.3, -0.25) is 9.69 Å². The lowest BCUT2D eigenvalue weighted by Crippen LogP contribution is -2.42. The lowest BCUT2D eigenvalue weighted by Gasteiger charge is -2.26. The number of amides is 1. The highest BCUT2D eigenvalue weighted by Gasteiger charge is 2.34. The van der Waals surface area contributed by atoms with E-state index in [2.05, 4.69) is 39.2 Å². The molecule has 0 aliphatic rings. The van der Waals surface area contributed by atoms with Crippen LogP contribution in [0.4, 0.5) is 13.2 Å². The van der Waals surface area contributed by atoms with Crippen LogP contribution in [0.1, 0.15) is 36.8 Å². The predicted octanol–water partition coefficient (Wildman–Crippen LogP) is 5.18. The number of nitrogens with zero attached hydrogens (tertiary/aromatic N) is 7. The number of pyridine rings is 1. The average molecular weight is 569 g/mol. The zero-order valence-electron chi connectivity index (χ0n) is 22.1. The molecule has 0 saturated carbocycles. The first kappa shape index (κ1) is 27.5. The Labute approximate surface area is 232 Å². The number of halogens is 3. The van der Waals surface area contributed by atoms with Gasteiger partial charge in [0.05, 0.1) is 28.0 Å². The molecular weight excluding hydrogens is 541 g/mol. The van der Waals surface area contributed by atoms with E-state index in [1.807, 2.05) is 30.5 Å². The topological polar surface area (TPSA) is 93.2 Å². The van der Waals surface area contributed by atoms with Gasteiger partial charge >= 0.3 is 6.18 Å². The first-order valence-corrected chi connectivity index (χ1v) is 13.6. The number of carbonyl (C=O) groups is 1. The Morgan fingerprint density at radius 3 is 2.58 bits per heavy atom. The summed E-state index contributed by atoms with van der Waals surface area (Å²) in [4.78, 5) is 25.8. The summed E-state index contributed by atoms with van der Waals surface area (Å²) in [5.74, 6) is -0.320. The van der Waals surface area contributed by atoms with Crippen LogP contribution in [0.5, 0.6) is 0 Å². The number of aromatic nitrogens is 6. The maximum absolute atomic E-state index is 13.3. The average Bonchev–Trinajstić information content (AvgIpc) is 3.72. The lowest BCUT2D eigenvalue weighted by atomic mass is 10.1. The fourth-order valence-corrected chi connectivity index (χ4v) is 5.13. The summed E-state index contributed by atoms with van der Waals surface area (Å²) >= 11 is 1.54. The maximum Gasteiger partial charge on any atom is 0.435 e. The number of alkyl halides is 3. The van der Waals surface area contributed by atoms with E-state index in [4.69, 9.17) is 4.98 Å². The fourth-order valence-electron chi connectivity index (χ4n) is 4.43. The van der Waals surface area contributed by atoms with Crippen LogP contribution in [0.3, 0.4) is 0 Å². The molecule has 1 atom stereocenters. The number of likely N-dealkylation sites (N-methyl/N-ethyl adjacent to an activating group) is 1. The third kappa shape index (κ3) is 5.61. The summed E-state index contributed by atoms with van der Waals surface area (Å²) in [5.41, 5.74) is 1.25. The van der Waals surface area contributed by atoms with Gasteiger partial charge in [-0.1, -0.05) is 19.9 Å². The van der Waals surface area contributed by atoms with Gasteiger partial charge in [-0.05, 0) is 55.7 Å². The van der Waals surface area contributed by atoms with Gasteiger partial charge in [0, 0.05) is 30.5 Å². The number of rotatable bonds is 9. The Hall–Kier alpha value is -4.10. The van der Waals surface area contributed by atoms with Crippen LogP contribution in [0.15, 0.2) is 60.4 Å². The molecule has 1 amide bonds. The quantitative estimate of drug-likeness (QED) is 0.263. The second-order valence-corrected chi connectivity index (χ2v) is 10.1. The molecule has 1 N–H and O–H groups in total. The van der Waals surface area contributed by atoms with Crippen molar-refractivity contribution in [2.24, 2.45) is 0 Å². The zero-order chi connectivity index (χ0) is 28.4. The van der Waals surface area contributed by atoms with E-state index in [0.717, 1.165) is 34.4 Å². The van der Waals surface area contributed by atoms with Crippen LogP contribution >= 0.6 is 11.3 Å². The van der Waals surface area contributed by atoms with Gasteiger partial charge in [0.2, 0.25) is 0 Å². The summed E-state index contributed by atoms with van der Waals surface area (Å²) in [6.45, 7) is 8.21. The van der Waals surface area contributed by atoms with E-state index in [9.17, 15) is 18.0 Å². The lowest BCUT2D eigenvalue weighted by molar-refractivity contribution is -0.141. The van der Waals surface area contributed by atoms with E-state index in [1.54, 1.807) is 34.3 Å². The van der Waals surface area contributed by atoms with Crippen molar-refractivity contribution >= 4 is 22.9 Å². The highest BCUT2D eigenvalue weighted by atomic mass is 32.1. The van der Waals surface area contributed by atoms with Crippen molar-refractivity contribution in [3.05, 3.63) is 71.6 Å². The number of thiophene rings is 1. The zero-order valence-corrected chi connectivity index (χ0v) is 22.9. The molecule has 5 heterocycles. The number of carbonyl (C=O) groups excluding carboxylic acids is 1. The molecule has 208 valence electrons. The molecule has 0 unspecified atom stereocenters. The molecule has 40 heavy (non-hydrogen) atoms. The third-order valence-corrected chi connectivity index (χ3v) is 7.49. The van der Waals surface area contributed by atoms with E-state index < -0.39 is 11.9 Å². The predicted molar refractivity (Wildman–Crippen MR) is 146 cm³/mol. The third-order valence-electron chi connectivity index (χ3n) is 6.60. The summed E-state index contributed by atoms with van der Waals surface area (Å²) in [6.07, 6.45) is -0.104. The summed E-state index contributed by atoms with van der Waals surface area (Å²) in [5, 5.41) is 12.9. The Bertz CT molecular complexity index is 1620. The Morgan fingerprint density at radius 2 is 1.90 bits per heavy atom. The number of hydrogen-bond donors (Lipinski definition) is 1. The minimum Gasteiger partial charge on any atom is -0.350 e. The van der Waals surface area contributed by atoms with Crippen LogP contribution < -0.4 is 5.32 Å².